The zero-order valence-corrected chi connectivity index (χ0v) is 18.4. The molecule has 0 aromatic carbocycles. The van der Waals surface area contributed by atoms with Gasteiger partial charge in [0.2, 0.25) is 5.91 Å². The summed E-state index contributed by atoms with van der Waals surface area (Å²) in [6, 6.07) is 3.77. The van der Waals surface area contributed by atoms with E-state index in [9.17, 15) is 18.0 Å². The second-order valence-electron chi connectivity index (χ2n) is 6.37. The number of amides is 1. The van der Waals surface area contributed by atoms with Crippen molar-refractivity contribution >= 4 is 47.2 Å². The number of guanidine groups is 1. The molecular formula is C16H25F3IN5OS. The van der Waals surface area contributed by atoms with E-state index in [0.717, 1.165) is 4.88 Å². The number of thiophene rings is 1. The fraction of sp³-hybridized carbons (Fsp3) is 0.625. The van der Waals surface area contributed by atoms with Gasteiger partial charge in [0.1, 0.15) is 6.54 Å². The second kappa shape index (κ2) is 11.1. The van der Waals surface area contributed by atoms with Crippen LogP contribution >= 0.6 is 35.3 Å². The Kier molecular flexibility index (Phi) is 9.81. The minimum atomic E-state index is -4.19. The average Bonchev–Trinajstić information content (AvgIpc) is 3.19. The third-order valence-corrected chi connectivity index (χ3v) is 4.77. The van der Waals surface area contributed by atoms with Crippen LogP contribution in [0.2, 0.25) is 0 Å². The SMILES string of the molecule is CN(C)C(=O)CN=C(NCc1cccs1)NC1CCN(CC(F)(F)F)C1.I. The Balaban J connectivity index is 0.00000364. The third-order valence-electron chi connectivity index (χ3n) is 3.90. The highest BCUT2D eigenvalue weighted by Gasteiger charge is 2.34. The summed E-state index contributed by atoms with van der Waals surface area (Å²) in [7, 11) is 3.30. The quantitative estimate of drug-likeness (QED) is 0.344. The minimum Gasteiger partial charge on any atom is -0.352 e. The second-order valence-corrected chi connectivity index (χ2v) is 7.40. The first kappa shape index (κ1) is 24.0. The Morgan fingerprint density at radius 3 is 2.78 bits per heavy atom. The molecule has 27 heavy (non-hydrogen) atoms. The van der Waals surface area contributed by atoms with Gasteiger partial charge in [0.25, 0.3) is 0 Å². The van der Waals surface area contributed by atoms with Crippen LogP contribution in [0.15, 0.2) is 22.5 Å². The normalized spacial score (nSPS) is 18.1. The molecule has 1 saturated heterocycles. The van der Waals surface area contributed by atoms with Crippen LogP contribution in [-0.4, -0.2) is 74.2 Å². The maximum absolute atomic E-state index is 12.5. The van der Waals surface area contributed by atoms with E-state index < -0.39 is 12.7 Å². The first-order valence-corrected chi connectivity index (χ1v) is 9.17. The molecular weight excluding hydrogens is 494 g/mol. The summed E-state index contributed by atoms with van der Waals surface area (Å²) in [5.41, 5.74) is 0. The van der Waals surface area contributed by atoms with Crippen molar-refractivity contribution in [2.24, 2.45) is 4.99 Å². The van der Waals surface area contributed by atoms with E-state index in [-0.39, 0.29) is 42.5 Å². The molecule has 1 atom stereocenters. The van der Waals surface area contributed by atoms with E-state index in [0.29, 0.717) is 32.0 Å². The molecule has 1 fully saturated rings. The average molecular weight is 519 g/mol. The largest absolute Gasteiger partial charge is 0.401 e. The molecule has 1 aliphatic rings. The molecule has 0 saturated carbocycles. The maximum Gasteiger partial charge on any atom is 0.401 e. The molecule has 1 aliphatic heterocycles. The van der Waals surface area contributed by atoms with E-state index in [1.54, 1.807) is 25.4 Å². The van der Waals surface area contributed by atoms with Crippen molar-refractivity contribution in [2.45, 2.75) is 25.2 Å². The summed E-state index contributed by atoms with van der Waals surface area (Å²) in [6.45, 7) is 0.288. The van der Waals surface area contributed by atoms with Crippen molar-refractivity contribution in [3.63, 3.8) is 0 Å². The number of carbonyl (C=O) groups excluding carboxylic acids is 1. The number of likely N-dealkylation sites (N-methyl/N-ethyl adjacent to an activating group) is 1. The predicted molar refractivity (Wildman–Crippen MR) is 112 cm³/mol. The lowest BCUT2D eigenvalue weighted by Crippen LogP contribution is -2.45. The van der Waals surface area contributed by atoms with Crippen molar-refractivity contribution in [3.8, 4) is 0 Å². The topological polar surface area (TPSA) is 60.0 Å². The molecule has 0 aliphatic carbocycles. The number of aliphatic imine (C=N–C) groups is 1. The van der Waals surface area contributed by atoms with E-state index in [4.69, 9.17) is 0 Å². The summed E-state index contributed by atoms with van der Waals surface area (Å²) >= 11 is 1.59. The summed E-state index contributed by atoms with van der Waals surface area (Å²) in [4.78, 5) is 20.0. The van der Waals surface area contributed by atoms with Gasteiger partial charge in [0.15, 0.2) is 5.96 Å². The van der Waals surface area contributed by atoms with Gasteiger partial charge < -0.3 is 15.5 Å². The number of carbonyl (C=O) groups is 1. The van der Waals surface area contributed by atoms with Crippen LogP contribution < -0.4 is 10.6 Å². The van der Waals surface area contributed by atoms with E-state index in [2.05, 4.69) is 15.6 Å². The number of likely N-dealkylation sites (tertiary alicyclic amines) is 1. The fourth-order valence-corrected chi connectivity index (χ4v) is 3.21. The Morgan fingerprint density at radius 2 is 2.19 bits per heavy atom. The molecule has 0 bridgehead atoms. The number of hydrogen-bond donors (Lipinski definition) is 2. The third kappa shape index (κ3) is 9.10. The molecule has 11 heteroatoms. The number of nitrogens with zero attached hydrogens (tertiary/aromatic N) is 3. The van der Waals surface area contributed by atoms with Gasteiger partial charge in [-0.1, -0.05) is 6.07 Å². The molecule has 0 radical (unpaired) electrons. The van der Waals surface area contributed by atoms with E-state index in [1.807, 2.05) is 17.5 Å². The molecule has 2 N–H and O–H groups in total. The number of rotatable bonds is 6. The molecule has 1 amide bonds. The Hall–Kier alpha value is -1.08. The summed E-state index contributed by atoms with van der Waals surface area (Å²) in [6.07, 6.45) is -3.60. The molecule has 1 aromatic heterocycles. The van der Waals surface area contributed by atoms with Gasteiger partial charge >= 0.3 is 6.18 Å². The van der Waals surface area contributed by atoms with Gasteiger partial charge in [-0.2, -0.15) is 13.2 Å². The zero-order valence-electron chi connectivity index (χ0n) is 15.3. The highest BCUT2D eigenvalue weighted by molar-refractivity contribution is 14.0. The monoisotopic (exact) mass is 519 g/mol. The van der Waals surface area contributed by atoms with Crippen LogP contribution in [0.4, 0.5) is 13.2 Å². The lowest BCUT2D eigenvalue weighted by Gasteiger charge is -2.20. The van der Waals surface area contributed by atoms with Crippen molar-refractivity contribution in [1.29, 1.82) is 0 Å². The lowest BCUT2D eigenvalue weighted by atomic mass is 10.3. The summed E-state index contributed by atoms with van der Waals surface area (Å²) < 4.78 is 37.6. The first-order chi connectivity index (χ1) is 12.2. The van der Waals surface area contributed by atoms with Crippen molar-refractivity contribution in [2.75, 3.05) is 40.3 Å². The number of hydrogen-bond acceptors (Lipinski definition) is 4. The van der Waals surface area contributed by atoms with Crippen molar-refractivity contribution in [1.82, 2.24) is 20.4 Å². The standard InChI is InChI=1S/C16H24F3N5OS.HI/c1-23(2)14(25)9-21-15(20-8-13-4-3-7-26-13)22-12-5-6-24(10-12)11-16(17,18)19;/h3-4,7,12H,5-6,8-11H2,1-2H3,(H2,20,21,22);1H. The van der Waals surface area contributed by atoms with Gasteiger partial charge in [-0.15, -0.1) is 35.3 Å². The molecule has 1 unspecified atom stereocenters. The number of alkyl halides is 3. The van der Waals surface area contributed by atoms with Crippen LogP contribution in [0, 0.1) is 0 Å². The Bertz CT molecular complexity index is 610. The number of halogens is 4. The van der Waals surface area contributed by atoms with Crippen molar-refractivity contribution < 1.29 is 18.0 Å². The molecule has 2 heterocycles. The van der Waals surface area contributed by atoms with Gasteiger partial charge in [-0.05, 0) is 17.9 Å². The summed E-state index contributed by atoms with van der Waals surface area (Å²) in [5.74, 6) is 0.291. The molecule has 154 valence electrons. The van der Waals surface area contributed by atoms with Crippen LogP contribution in [-0.2, 0) is 11.3 Å². The van der Waals surface area contributed by atoms with Gasteiger partial charge in [-0.3, -0.25) is 9.69 Å². The fourth-order valence-electron chi connectivity index (χ4n) is 2.57. The smallest absolute Gasteiger partial charge is 0.352 e. The number of nitrogens with one attached hydrogen (secondary N) is 2. The van der Waals surface area contributed by atoms with Crippen LogP contribution in [0.1, 0.15) is 11.3 Å². The van der Waals surface area contributed by atoms with Crippen LogP contribution in [0.3, 0.4) is 0 Å². The minimum absolute atomic E-state index is 0. The lowest BCUT2D eigenvalue weighted by molar-refractivity contribution is -0.143. The van der Waals surface area contributed by atoms with E-state index in [1.165, 1.54) is 9.80 Å². The molecule has 1 aromatic rings. The highest BCUT2D eigenvalue weighted by atomic mass is 127. The highest BCUT2D eigenvalue weighted by Crippen LogP contribution is 2.20. The van der Waals surface area contributed by atoms with Crippen LogP contribution in [0.25, 0.3) is 0 Å². The summed E-state index contributed by atoms with van der Waals surface area (Å²) in [5, 5.41) is 8.26. The first-order valence-electron chi connectivity index (χ1n) is 8.29. The Labute approximate surface area is 178 Å². The van der Waals surface area contributed by atoms with E-state index >= 15 is 0 Å². The predicted octanol–water partition coefficient (Wildman–Crippen LogP) is 2.13. The van der Waals surface area contributed by atoms with Crippen LogP contribution in [0.5, 0.6) is 0 Å². The van der Waals surface area contributed by atoms with Gasteiger partial charge in [-0.25, -0.2) is 4.99 Å². The van der Waals surface area contributed by atoms with Crippen molar-refractivity contribution in [3.05, 3.63) is 22.4 Å². The van der Waals surface area contributed by atoms with Gasteiger partial charge in [0.05, 0.1) is 13.1 Å². The molecule has 2 rings (SSSR count). The maximum atomic E-state index is 12.5. The zero-order chi connectivity index (χ0) is 19.2. The molecule has 6 nitrogen and oxygen atoms in total. The molecule has 0 spiro atoms. The van der Waals surface area contributed by atoms with Gasteiger partial charge in [0, 0.05) is 38.1 Å². The Morgan fingerprint density at radius 1 is 1.44 bits per heavy atom.